The molecule has 4 nitrogen and oxygen atoms in total. The van der Waals surface area contributed by atoms with Crippen LogP contribution in [-0.4, -0.2) is 59.6 Å². The fourth-order valence-electron chi connectivity index (χ4n) is 2.96. The van der Waals surface area contributed by atoms with E-state index in [4.69, 9.17) is 0 Å². The van der Waals surface area contributed by atoms with E-state index in [0.717, 1.165) is 25.6 Å². The molecule has 1 amide bonds. The number of carbonyl (C=O) groups excluding carboxylic acids is 1. The number of hydrogen-bond donors (Lipinski definition) is 1. The Balaban J connectivity index is 1.81. The van der Waals surface area contributed by atoms with Crippen LogP contribution in [-0.2, 0) is 11.2 Å². The number of rotatable bonds is 6. The molecule has 0 aliphatic carbocycles. The molecule has 128 valence electrons. The van der Waals surface area contributed by atoms with Crippen molar-refractivity contribution >= 4 is 5.91 Å². The highest BCUT2D eigenvalue weighted by Crippen LogP contribution is 2.14. The molecule has 1 aliphatic heterocycles. The highest BCUT2D eigenvalue weighted by Gasteiger charge is 2.24. The lowest BCUT2D eigenvalue weighted by molar-refractivity contribution is -0.133. The molecule has 0 saturated carbocycles. The number of aliphatic hydroxyl groups is 1. The summed E-state index contributed by atoms with van der Waals surface area (Å²) in [5, 5.41) is 9.32. The van der Waals surface area contributed by atoms with Crippen LogP contribution in [0.2, 0.25) is 0 Å². The highest BCUT2D eigenvalue weighted by molar-refractivity contribution is 5.76. The summed E-state index contributed by atoms with van der Waals surface area (Å²) in [5.41, 5.74) is 0.365. The molecular formula is C17H24F2N2O2. The van der Waals surface area contributed by atoms with Gasteiger partial charge in [-0.2, -0.15) is 0 Å². The summed E-state index contributed by atoms with van der Waals surface area (Å²) in [6.07, 6.45) is 1.38. The predicted octanol–water partition coefficient (Wildman–Crippen LogP) is 1.81. The lowest BCUT2D eigenvalue weighted by Gasteiger charge is -2.38. The molecule has 1 unspecified atom stereocenters. The molecule has 1 aliphatic rings. The van der Waals surface area contributed by atoms with E-state index in [2.05, 4.69) is 4.90 Å². The molecule has 1 atom stereocenters. The van der Waals surface area contributed by atoms with Crippen LogP contribution in [0.4, 0.5) is 8.78 Å². The van der Waals surface area contributed by atoms with E-state index in [-0.39, 0.29) is 31.4 Å². The van der Waals surface area contributed by atoms with Crippen LogP contribution in [0.5, 0.6) is 0 Å². The summed E-state index contributed by atoms with van der Waals surface area (Å²) in [4.78, 5) is 16.2. The van der Waals surface area contributed by atoms with Crippen LogP contribution >= 0.6 is 0 Å². The molecule has 0 spiro atoms. The minimum atomic E-state index is -0.608. The average Bonchev–Trinajstić information content (AvgIpc) is 2.55. The molecule has 1 saturated heterocycles. The van der Waals surface area contributed by atoms with Crippen molar-refractivity contribution in [2.24, 2.45) is 0 Å². The maximum absolute atomic E-state index is 13.6. The summed E-state index contributed by atoms with van der Waals surface area (Å²) >= 11 is 0. The summed E-state index contributed by atoms with van der Waals surface area (Å²) in [6.45, 7) is 4.91. The van der Waals surface area contributed by atoms with Crippen LogP contribution in [0.3, 0.4) is 0 Å². The molecule has 0 aromatic heterocycles. The molecule has 1 fully saturated rings. The summed E-state index contributed by atoms with van der Waals surface area (Å²) in [6, 6.07) is 3.60. The molecule has 1 heterocycles. The van der Waals surface area contributed by atoms with E-state index >= 15 is 0 Å². The normalized spacial score (nSPS) is 17.3. The minimum Gasteiger partial charge on any atom is -0.395 e. The number of carbonyl (C=O) groups is 1. The molecule has 6 heteroatoms. The SMILES string of the molecule is CCC(CO)N1CCN(C(=O)CCc2ccc(F)cc2F)CC1. The van der Waals surface area contributed by atoms with Crippen molar-refractivity contribution in [3.05, 3.63) is 35.4 Å². The van der Waals surface area contributed by atoms with Crippen molar-refractivity contribution in [1.82, 2.24) is 9.80 Å². The zero-order valence-corrected chi connectivity index (χ0v) is 13.5. The maximum Gasteiger partial charge on any atom is 0.222 e. The molecular weight excluding hydrogens is 302 g/mol. The van der Waals surface area contributed by atoms with Gasteiger partial charge < -0.3 is 10.0 Å². The van der Waals surface area contributed by atoms with Gasteiger partial charge in [0.25, 0.3) is 0 Å². The van der Waals surface area contributed by atoms with Crippen molar-refractivity contribution in [3.8, 4) is 0 Å². The fraction of sp³-hybridized carbons (Fsp3) is 0.588. The zero-order valence-electron chi connectivity index (χ0n) is 13.5. The third kappa shape index (κ3) is 4.72. The fourth-order valence-corrected chi connectivity index (χ4v) is 2.96. The van der Waals surface area contributed by atoms with Gasteiger partial charge in [0.15, 0.2) is 0 Å². The molecule has 1 N–H and O–H groups in total. The largest absolute Gasteiger partial charge is 0.395 e. The number of hydrogen-bond acceptors (Lipinski definition) is 3. The Labute approximate surface area is 135 Å². The number of nitrogens with zero attached hydrogens (tertiary/aromatic N) is 2. The van der Waals surface area contributed by atoms with Crippen molar-refractivity contribution in [1.29, 1.82) is 0 Å². The topological polar surface area (TPSA) is 43.8 Å². The van der Waals surface area contributed by atoms with Gasteiger partial charge in [-0.05, 0) is 24.5 Å². The maximum atomic E-state index is 13.6. The van der Waals surface area contributed by atoms with Crippen LogP contribution < -0.4 is 0 Å². The van der Waals surface area contributed by atoms with Gasteiger partial charge >= 0.3 is 0 Å². The second kappa shape index (κ2) is 8.36. The van der Waals surface area contributed by atoms with Gasteiger partial charge in [-0.25, -0.2) is 8.78 Å². The lowest BCUT2D eigenvalue weighted by Crippen LogP contribution is -2.52. The monoisotopic (exact) mass is 326 g/mol. The second-order valence-corrected chi connectivity index (χ2v) is 5.90. The number of benzene rings is 1. The van der Waals surface area contributed by atoms with Gasteiger partial charge in [0.1, 0.15) is 11.6 Å². The van der Waals surface area contributed by atoms with Crippen LogP contribution in [0.1, 0.15) is 25.3 Å². The van der Waals surface area contributed by atoms with Gasteiger partial charge in [0, 0.05) is 44.7 Å². The van der Waals surface area contributed by atoms with Gasteiger partial charge in [0.05, 0.1) is 6.61 Å². The highest BCUT2D eigenvalue weighted by atomic mass is 19.1. The first kappa shape index (κ1) is 17.8. The Hall–Kier alpha value is -1.53. The van der Waals surface area contributed by atoms with Crippen molar-refractivity contribution in [2.75, 3.05) is 32.8 Å². The van der Waals surface area contributed by atoms with E-state index in [1.165, 1.54) is 12.1 Å². The Morgan fingerprint density at radius 3 is 2.52 bits per heavy atom. The Morgan fingerprint density at radius 2 is 1.96 bits per heavy atom. The third-order valence-corrected chi connectivity index (χ3v) is 4.49. The number of aryl methyl sites for hydroxylation is 1. The first-order chi connectivity index (χ1) is 11.0. The number of piperazine rings is 1. The second-order valence-electron chi connectivity index (χ2n) is 5.90. The van der Waals surface area contributed by atoms with Crippen molar-refractivity contribution < 1.29 is 18.7 Å². The average molecular weight is 326 g/mol. The standard InChI is InChI=1S/C17H24F2N2O2/c1-2-15(12-22)20-7-9-21(10-8-20)17(23)6-4-13-3-5-14(18)11-16(13)19/h3,5,11,15,22H,2,4,6-10,12H2,1H3. The first-order valence-electron chi connectivity index (χ1n) is 8.11. The number of aliphatic hydroxyl groups excluding tert-OH is 1. The molecule has 0 bridgehead atoms. The van der Waals surface area contributed by atoms with Gasteiger partial charge in [-0.15, -0.1) is 0 Å². The van der Waals surface area contributed by atoms with Crippen LogP contribution in [0.15, 0.2) is 18.2 Å². The van der Waals surface area contributed by atoms with E-state index in [1.54, 1.807) is 4.90 Å². The van der Waals surface area contributed by atoms with Crippen LogP contribution in [0, 0.1) is 11.6 Å². The molecule has 23 heavy (non-hydrogen) atoms. The van der Waals surface area contributed by atoms with Crippen molar-refractivity contribution in [2.45, 2.75) is 32.2 Å². The van der Waals surface area contributed by atoms with E-state index in [0.29, 0.717) is 18.7 Å². The van der Waals surface area contributed by atoms with Crippen molar-refractivity contribution in [3.63, 3.8) is 0 Å². The molecule has 1 aromatic carbocycles. The zero-order chi connectivity index (χ0) is 16.8. The Kier molecular flexibility index (Phi) is 6.47. The quantitative estimate of drug-likeness (QED) is 0.867. The number of halogens is 2. The lowest BCUT2D eigenvalue weighted by atomic mass is 10.1. The van der Waals surface area contributed by atoms with Gasteiger partial charge in [-0.3, -0.25) is 9.69 Å². The van der Waals surface area contributed by atoms with Gasteiger partial charge in [0.2, 0.25) is 5.91 Å². The smallest absolute Gasteiger partial charge is 0.222 e. The minimum absolute atomic E-state index is 0.00887. The third-order valence-electron chi connectivity index (χ3n) is 4.49. The molecule has 2 rings (SSSR count). The summed E-state index contributed by atoms with van der Waals surface area (Å²) in [5.74, 6) is -1.22. The molecule has 1 aromatic rings. The van der Waals surface area contributed by atoms with E-state index in [1.807, 2.05) is 6.92 Å². The predicted molar refractivity (Wildman–Crippen MR) is 84.0 cm³/mol. The summed E-state index contributed by atoms with van der Waals surface area (Å²) < 4.78 is 26.4. The molecule has 0 radical (unpaired) electrons. The van der Waals surface area contributed by atoms with Crippen LogP contribution in [0.25, 0.3) is 0 Å². The summed E-state index contributed by atoms with van der Waals surface area (Å²) in [7, 11) is 0. The van der Waals surface area contributed by atoms with E-state index in [9.17, 15) is 18.7 Å². The Bertz CT molecular complexity index is 527. The van der Waals surface area contributed by atoms with Gasteiger partial charge in [-0.1, -0.05) is 13.0 Å². The Morgan fingerprint density at radius 1 is 1.26 bits per heavy atom. The first-order valence-corrected chi connectivity index (χ1v) is 8.11. The number of amides is 1. The van der Waals surface area contributed by atoms with E-state index < -0.39 is 11.6 Å².